The van der Waals surface area contributed by atoms with E-state index in [1.165, 1.54) is 4.90 Å². The van der Waals surface area contributed by atoms with Crippen LogP contribution in [-0.4, -0.2) is 72.6 Å². The summed E-state index contributed by atoms with van der Waals surface area (Å²) in [5.74, 6) is -0.211. The summed E-state index contributed by atoms with van der Waals surface area (Å²) in [5, 5.41) is 11.6. The third kappa shape index (κ3) is 8.12. The molecule has 0 aliphatic carbocycles. The second kappa shape index (κ2) is 10.6. The molecule has 0 heterocycles. The predicted molar refractivity (Wildman–Crippen MR) is 79.3 cm³/mol. The molecule has 0 aromatic rings. The second-order valence-corrected chi connectivity index (χ2v) is 5.24. The molecule has 20 heavy (non-hydrogen) atoms. The number of carbonyl (C=O) groups is 2. The maximum Gasteiger partial charge on any atom is 0.239 e. The Bertz CT molecular complexity index is 295. The van der Waals surface area contributed by atoms with Crippen molar-refractivity contribution in [3.05, 3.63) is 0 Å². The van der Waals surface area contributed by atoms with E-state index in [1.807, 2.05) is 25.7 Å². The van der Waals surface area contributed by atoms with Gasteiger partial charge in [-0.15, -0.1) is 0 Å². The Morgan fingerprint density at radius 1 is 1.25 bits per heavy atom. The van der Waals surface area contributed by atoms with Crippen LogP contribution in [0.2, 0.25) is 0 Å². The minimum atomic E-state index is -0.130. The van der Waals surface area contributed by atoms with Gasteiger partial charge in [-0.25, -0.2) is 0 Å². The summed E-state index contributed by atoms with van der Waals surface area (Å²) in [7, 11) is 1.64. The lowest BCUT2D eigenvalue weighted by molar-refractivity contribution is -0.136. The summed E-state index contributed by atoms with van der Waals surface area (Å²) in [6.45, 7) is 7.80. The van der Waals surface area contributed by atoms with E-state index in [0.29, 0.717) is 19.5 Å². The largest absolute Gasteiger partial charge is 0.396 e. The molecule has 6 nitrogen and oxygen atoms in total. The van der Waals surface area contributed by atoms with Gasteiger partial charge >= 0.3 is 0 Å². The molecule has 0 bridgehead atoms. The highest BCUT2D eigenvalue weighted by Crippen LogP contribution is 2.01. The monoisotopic (exact) mass is 287 g/mol. The number of nitrogens with one attached hydrogen (secondary N) is 1. The van der Waals surface area contributed by atoms with E-state index in [0.717, 1.165) is 6.42 Å². The lowest BCUT2D eigenvalue weighted by Gasteiger charge is -2.27. The zero-order valence-electron chi connectivity index (χ0n) is 13.2. The van der Waals surface area contributed by atoms with Gasteiger partial charge in [0.05, 0.1) is 13.1 Å². The minimum absolute atomic E-state index is 0.0803. The summed E-state index contributed by atoms with van der Waals surface area (Å²) >= 11 is 0. The first-order valence-corrected chi connectivity index (χ1v) is 7.27. The van der Waals surface area contributed by atoms with Crippen LogP contribution in [0.1, 0.15) is 33.6 Å². The Morgan fingerprint density at radius 3 is 2.40 bits per heavy atom. The molecule has 6 heteroatoms. The Morgan fingerprint density at radius 2 is 1.90 bits per heavy atom. The molecule has 2 amide bonds. The van der Waals surface area contributed by atoms with Crippen molar-refractivity contribution in [2.75, 3.05) is 39.8 Å². The van der Waals surface area contributed by atoms with Gasteiger partial charge in [0.1, 0.15) is 0 Å². The SMILES string of the molecule is CCCNC(=O)CN(C)C(=O)CN(CCCO)C(C)C. The third-order valence-electron chi connectivity index (χ3n) is 3.05. The maximum atomic E-state index is 12.1. The van der Waals surface area contributed by atoms with Gasteiger partial charge in [-0.3, -0.25) is 14.5 Å². The molecule has 0 saturated heterocycles. The van der Waals surface area contributed by atoms with E-state index in [4.69, 9.17) is 5.11 Å². The standard InChI is InChI=1S/C14H29N3O3/c1-5-7-15-13(19)10-16(4)14(20)11-17(12(2)3)8-6-9-18/h12,18H,5-11H2,1-4H3,(H,15,19). The number of rotatable bonds is 10. The van der Waals surface area contributed by atoms with Crippen LogP contribution < -0.4 is 5.32 Å². The zero-order chi connectivity index (χ0) is 15.5. The average molecular weight is 287 g/mol. The van der Waals surface area contributed by atoms with Crippen LogP contribution in [0.25, 0.3) is 0 Å². The van der Waals surface area contributed by atoms with Gasteiger partial charge in [-0.05, 0) is 26.7 Å². The zero-order valence-corrected chi connectivity index (χ0v) is 13.2. The number of aliphatic hydroxyl groups excluding tert-OH is 1. The molecule has 118 valence electrons. The molecule has 0 radical (unpaired) electrons. The Balaban J connectivity index is 4.23. The number of carbonyl (C=O) groups excluding carboxylic acids is 2. The van der Waals surface area contributed by atoms with Crippen molar-refractivity contribution < 1.29 is 14.7 Å². The van der Waals surface area contributed by atoms with Crippen molar-refractivity contribution in [3.63, 3.8) is 0 Å². The molecule has 0 saturated carbocycles. The van der Waals surface area contributed by atoms with Crippen molar-refractivity contribution in [2.24, 2.45) is 0 Å². The van der Waals surface area contributed by atoms with Crippen molar-refractivity contribution in [3.8, 4) is 0 Å². The van der Waals surface area contributed by atoms with Crippen LogP contribution in [0.3, 0.4) is 0 Å². The van der Waals surface area contributed by atoms with E-state index in [9.17, 15) is 9.59 Å². The first kappa shape index (κ1) is 18.9. The summed E-state index contributed by atoms with van der Waals surface area (Å²) in [4.78, 5) is 27.1. The molecular formula is C14H29N3O3. The smallest absolute Gasteiger partial charge is 0.239 e. The lowest BCUT2D eigenvalue weighted by atomic mass is 10.2. The van der Waals surface area contributed by atoms with E-state index < -0.39 is 0 Å². The second-order valence-electron chi connectivity index (χ2n) is 5.24. The van der Waals surface area contributed by atoms with Gasteiger partial charge in [0, 0.05) is 32.8 Å². The van der Waals surface area contributed by atoms with Crippen molar-refractivity contribution in [1.29, 1.82) is 0 Å². The highest BCUT2D eigenvalue weighted by molar-refractivity contribution is 5.85. The molecule has 0 aromatic carbocycles. The van der Waals surface area contributed by atoms with Crippen LogP contribution in [0.4, 0.5) is 0 Å². The molecular weight excluding hydrogens is 258 g/mol. The predicted octanol–water partition coefficient (Wildman–Crippen LogP) is 0.0638. The minimum Gasteiger partial charge on any atom is -0.396 e. The van der Waals surface area contributed by atoms with Gasteiger partial charge in [0.25, 0.3) is 0 Å². The van der Waals surface area contributed by atoms with Gasteiger partial charge < -0.3 is 15.3 Å². The number of amides is 2. The van der Waals surface area contributed by atoms with Gasteiger partial charge in [-0.2, -0.15) is 0 Å². The van der Waals surface area contributed by atoms with Gasteiger partial charge in [0.15, 0.2) is 0 Å². The van der Waals surface area contributed by atoms with E-state index in [-0.39, 0.29) is 37.6 Å². The molecule has 0 fully saturated rings. The molecule has 0 aromatic heterocycles. The van der Waals surface area contributed by atoms with Gasteiger partial charge in [0.2, 0.25) is 11.8 Å². The molecule has 0 aliphatic rings. The van der Waals surface area contributed by atoms with Crippen molar-refractivity contribution >= 4 is 11.8 Å². The topological polar surface area (TPSA) is 72.9 Å². The fraction of sp³-hybridized carbons (Fsp3) is 0.857. The number of hydrogen-bond donors (Lipinski definition) is 2. The first-order valence-electron chi connectivity index (χ1n) is 7.27. The normalized spacial score (nSPS) is 10.9. The fourth-order valence-electron chi connectivity index (χ4n) is 1.71. The van der Waals surface area contributed by atoms with Crippen LogP contribution in [-0.2, 0) is 9.59 Å². The van der Waals surface area contributed by atoms with E-state index in [2.05, 4.69) is 5.32 Å². The highest BCUT2D eigenvalue weighted by atomic mass is 16.3. The maximum absolute atomic E-state index is 12.1. The molecule has 0 aliphatic heterocycles. The van der Waals surface area contributed by atoms with Crippen LogP contribution in [0.15, 0.2) is 0 Å². The summed E-state index contributed by atoms with van der Waals surface area (Å²) < 4.78 is 0. The van der Waals surface area contributed by atoms with Gasteiger partial charge in [-0.1, -0.05) is 6.92 Å². The summed E-state index contributed by atoms with van der Waals surface area (Å²) in [6.07, 6.45) is 1.53. The van der Waals surface area contributed by atoms with Crippen molar-refractivity contribution in [1.82, 2.24) is 15.1 Å². The summed E-state index contributed by atoms with van der Waals surface area (Å²) in [6, 6.07) is 0.229. The van der Waals surface area contributed by atoms with Crippen LogP contribution >= 0.6 is 0 Å². The van der Waals surface area contributed by atoms with E-state index in [1.54, 1.807) is 7.05 Å². The molecule has 0 atom stereocenters. The number of nitrogens with zero attached hydrogens (tertiary/aromatic N) is 2. The van der Waals surface area contributed by atoms with E-state index >= 15 is 0 Å². The number of aliphatic hydroxyl groups is 1. The Labute approximate surface area is 122 Å². The quantitative estimate of drug-likeness (QED) is 0.596. The Hall–Kier alpha value is -1.14. The van der Waals surface area contributed by atoms with Crippen LogP contribution in [0, 0.1) is 0 Å². The Kier molecular flexibility index (Phi) is 10.0. The summed E-state index contributed by atoms with van der Waals surface area (Å²) in [5.41, 5.74) is 0. The lowest BCUT2D eigenvalue weighted by Crippen LogP contribution is -2.45. The first-order chi connectivity index (χ1) is 9.42. The number of likely N-dealkylation sites (N-methyl/N-ethyl adjacent to an activating group) is 1. The van der Waals surface area contributed by atoms with Crippen molar-refractivity contribution in [2.45, 2.75) is 39.7 Å². The molecule has 0 unspecified atom stereocenters. The number of hydrogen-bond acceptors (Lipinski definition) is 4. The molecule has 2 N–H and O–H groups in total. The fourth-order valence-corrected chi connectivity index (χ4v) is 1.71. The average Bonchev–Trinajstić information content (AvgIpc) is 2.40. The third-order valence-corrected chi connectivity index (χ3v) is 3.05. The van der Waals surface area contributed by atoms with Crippen LogP contribution in [0.5, 0.6) is 0 Å². The molecule has 0 rings (SSSR count). The molecule has 0 spiro atoms. The highest BCUT2D eigenvalue weighted by Gasteiger charge is 2.18.